The van der Waals surface area contributed by atoms with E-state index in [9.17, 15) is 4.79 Å². The summed E-state index contributed by atoms with van der Waals surface area (Å²) in [6.07, 6.45) is 0. The predicted molar refractivity (Wildman–Crippen MR) is 52.3 cm³/mol. The number of hydrogen-bond acceptors (Lipinski definition) is 5. The van der Waals surface area contributed by atoms with Crippen LogP contribution in [0.3, 0.4) is 0 Å². The minimum Gasteiger partial charge on any atom is -0.368 e. The third-order valence-electron chi connectivity index (χ3n) is 1.36. The zero-order valence-corrected chi connectivity index (χ0v) is 8.75. The summed E-state index contributed by atoms with van der Waals surface area (Å²) in [7, 11) is 1.59. The van der Waals surface area contributed by atoms with E-state index in [1.54, 1.807) is 7.05 Å². The number of primary amides is 1. The maximum atomic E-state index is 10.6. The second-order valence-electron chi connectivity index (χ2n) is 2.52. The Morgan fingerprint density at radius 3 is 2.71 bits per heavy atom. The molecule has 8 heteroatoms. The van der Waals surface area contributed by atoms with Crippen molar-refractivity contribution in [1.29, 1.82) is 0 Å². The Morgan fingerprint density at radius 1 is 1.50 bits per heavy atom. The summed E-state index contributed by atoms with van der Waals surface area (Å²) >= 11 is 11.2. The average molecular weight is 236 g/mol. The number of carbonyl (C=O) groups excluding carboxylic acids is 1. The van der Waals surface area contributed by atoms with Crippen molar-refractivity contribution in [2.75, 3.05) is 18.5 Å². The van der Waals surface area contributed by atoms with Crippen molar-refractivity contribution in [2.45, 2.75) is 0 Å². The summed E-state index contributed by atoms with van der Waals surface area (Å²) in [6.45, 7) is -0.0191. The zero-order valence-electron chi connectivity index (χ0n) is 7.24. The summed E-state index contributed by atoms with van der Waals surface area (Å²) < 4.78 is 0. The van der Waals surface area contributed by atoms with Crippen LogP contribution in [0.5, 0.6) is 0 Å². The summed E-state index contributed by atoms with van der Waals surface area (Å²) in [5.41, 5.74) is 5.00. The second kappa shape index (κ2) is 4.39. The number of rotatable bonds is 3. The highest BCUT2D eigenvalue weighted by Crippen LogP contribution is 2.19. The van der Waals surface area contributed by atoms with Crippen molar-refractivity contribution >= 4 is 34.9 Å². The van der Waals surface area contributed by atoms with Gasteiger partial charge in [0.25, 0.3) is 0 Å². The lowest BCUT2D eigenvalue weighted by molar-refractivity contribution is -0.116. The van der Waals surface area contributed by atoms with Crippen molar-refractivity contribution in [3.05, 3.63) is 10.4 Å². The normalized spacial score (nSPS) is 9.93. The maximum Gasteiger partial charge on any atom is 0.245 e. The Kier molecular flexibility index (Phi) is 3.43. The van der Waals surface area contributed by atoms with Crippen molar-refractivity contribution in [1.82, 2.24) is 15.2 Å². The quantitative estimate of drug-likeness (QED) is 0.804. The topological polar surface area (TPSA) is 85.0 Å². The average Bonchev–Trinajstić information content (AvgIpc) is 2.08. The van der Waals surface area contributed by atoms with Gasteiger partial charge in [-0.3, -0.25) is 4.79 Å². The third-order valence-corrected chi connectivity index (χ3v) is 1.76. The molecule has 0 aliphatic heterocycles. The van der Waals surface area contributed by atoms with Crippen LogP contribution in [0.25, 0.3) is 0 Å². The number of nitrogens with zero attached hydrogens (tertiary/aromatic N) is 4. The fourth-order valence-electron chi connectivity index (χ4n) is 0.837. The number of likely N-dealkylation sites (N-methyl/N-ethyl adjacent to an activating group) is 1. The van der Waals surface area contributed by atoms with Crippen LogP contribution in [0.4, 0.5) is 5.82 Å². The van der Waals surface area contributed by atoms with Crippen molar-refractivity contribution in [2.24, 2.45) is 5.73 Å². The van der Waals surface area contributed by atoms with E-state index < -0.39 is 5.91 Å². The molecule has 1 heterocycles. The maximum absolute atomic E-state index is 10.6. The number of halogens is 2. The van der Waals surface area contributed by atoms with Gasteiger partial charge >= 0.3 is 0 Å². The third kappa shape index (κ3) is 2.68. The molecule has 0 saturated heterocycles. The van der Waals surface area contributed by atoms with Gasteiger partial charge in [0, 0.05) is 7.05 Å². The van der Waals surface area contributed by atoms with Crippen molar-refractivity contribution < 1.29 is 4.79 Å². The van der Waals surface area contributed by atoms with Crippen molar-refractivity contribution in [3.63, 3.8) is 0 Å². The van der Waals surface area contributed by atoms with Gasteiger partial charge in [-0.05, 0) is 11.6 Å². The molecular weight excluding hydrogens is 229 g/mol. The first-order valence-electron chi connectivity index (χ1n) is 3.56. The molecule has 2 N–H and O–H groups in total. The zero-order chi connectivity index (χ0) is 10.7. The van der Waals surface area contributed by atoms with Crippen LogP contribution in [0.15, 0.2) is 0 Å². The number of anilines is 1. The molecular formula is C6H7Cl2N5O. The van der Waals surface area contributed by atoms with Crippen molar-refractivity contribution in [3.8, 4) is 0 Å². The lowest BCUT2D eigenvalue weighted by atomic mass is 10.5. The van der Waals surface area contributed by atoms with Crippen LogP contribution in [0, 0.1) is 0 Å². The van der Waals surface area contributed by atoms with Gasteiger partial charge in [0.2, 0.25) is 11.2 Å². The van der Waals surface area contributed by atoms with Gasteiger partial charge in [-0.2, -0.15) is 4.98 Å². The lowest BCUT2D eigenvalue weighted by Crippen LogP contribution is -2.31. The summed E-state index contributed by atoms with van der Waals surface area (Å²) in [5, 5.41) is 6.99. The van der Waals surface area contributed by atoms with Gasteiger partial charge in [0.1, 0.15) is 0 Å². The van der Waals surface area contributed by atoms with Crippen LogP contribution < -0.4 is 10.6 Å². The minimum absolute atomic E-state index is 0.0191. The van der Waals surface area contributed by atoms with E-state index >= 15 is 0 Å². The molecule has 1 rings (SSSR count). The van der Waals surface area contributed by atoms with E-state index in [1.807, 2.05) is 0 Å². The fraction of sp³-hybridized carbons (Fsp3) is 0.333. The van der Waals surface area contributed by atoms with Crippen LogP contribution in [-0.4, -0.2) is 34.7 Å². The van der Waals surface area contributed by atoms with E-state index in [2.05, 4.69) is 15.2 Å². The molecule has 6 nitrogen and oxygen atoms in total. The number of nitrogens with two attached hydrogens (primary N) is 1. The number of carbonyl (C=O) groups is 1. The Hall–Kier alpha value is -1.14. The fourth-order valence-corrected chi connectivity index (χ4v) is 1.18. The molecule has 76 valence electrons. The minimum atomic E-state index is -0.502. The highest BCUT2D eigenvalue weighted by atomic mass is 35.5. The first-order chi connectivity index (χ1) is 6.50. The van der Waals surface area contributed by atoms with E-state index in [-0.39, 0.29) is 22.8 Å². The highest BCUT2D eigenvalue weighted by molar-refractivity contribution is 6.32. The van der Waals surface area contributed by atoms with Gasteiger partial charge in [0.15, 0.2) is 11.0 Å². The summed E-state index contributed by atoms with van der Waals surface area (Å²) in [4.78, 5) is 15.9. The SMILES string of the molecule is CN(CC(N)=O)c1nc(Cl)nnc1Cl. The van der Waals surface area contributed by atoms with Gasteiger partial charge in [-0.25, -0.2) is 0 Å². The molecule has 1 aromatic rings. The standard InChI is InChI=1S/C6H7Cl2N5O/c1-13(2-3(9)14)5-4(7)11-12-6(8)10-5/h2H2,1H3,(H2,9,14). The second-order valence-corrected chi connectivity index (χ2v) is 3.21. The Morgan fingerprint density at radius 2 is 2.14 bits per heavy atom. The molecule has 0 spiro atoms. The van der Waals surface area contributed by atoms with Gasteiger partial charge < -0.3 is 10.6 Å². The van der Waals surface area contributed by atoms with Gasteiger partial charge in [-0.1, -0.05) is 11.6 Å². The molecule has 0 aromatic carbocycles. The molecule has 0 bridgehead atoms. The lowest BCUT2D eigenvalue weighted by Gasteiger charge is -2.15. The molecule has 0 fully saturated rings. The van der Waals surface area contributed by atoms with E-state index in [0.717, 1.165) is 0 Å². The first kappa shape index (κ1) is 10.9. The summed E-state index contributed by atoms with van der Waals surface area (Å²) in [6, 6.07) is 0. The molecule has 1 amide bonds. The molecule has 0 aliphatic rings. The van der Waals surface area contributed by atoms with E-state index in [0.29, 0.717) is 0 Å². The number of hydrogen-bond donors (Lipinski definition) is 1. The molecule has 14 heavy (non-hydrogen) atoms. The Bertz CT molecular complexity index is 358. The Labute approximate surface area is 90.0 Å². The summed E-state index contributed by atoms with van der Waals surface area (Å²) in [5.74, 6) is -0.233. The Balaban J connectivity index is 2.93. The molecule has 0 aliphatic carbocycles. The smallest absolute Gasteiger partial charge is 0.245 e. The monoisotopic (exact) mass is 235 g/mol. The van der Waals surface area contributed by atoms with Crippen LogP contribution in [0.1, 0.15) is 0 Å². The molecule has 0 radical (unpaired) electrons. The van der Waals surface area contributed by atoms with Crippen LogP contribution in [0.2, 0.25) is 10.4 Å². The molecule has 0 saturated carbocycles. The largest absolute Gasteiger partial charge is 0.368 e. The van der Waals surface area contributed by atoms with Crippen LogP contribution >= 0.6 is 23.2 Å². The molecule has 1 aromatic heterocycles. The highest BCUT2D eigenvalue weighted by Gasteiger charge is 2.12. The number of aromatic nitrogens is 3. The first-order valence-corrected chi connectivity index (χ1v) is 4.31. The predicted octanol–water partition coefficient (Wildman–Crippen LogP) is 0.0999. The van der Waals surface area contributed by atoms with Crippen LogP contribution in [-0.2, 0) is 4.79 Å². The molecule has 0 unspecified atom stereocenters. The van der Waals surface area contributed by atoms with Gasteiger partial charge in [-0.15, -0.1) is 10.2 Å². The van der Waals surface area contributed by atoms with E-state index in [1.165, 1.54) is 4.90 Å². The van der Waals surface area contributed by atoms with E-state index in [4.69, 9.17) is 28.9 Å². The van der Waals surface area contributed by atoms with Gasteiger partial charge in [0.05, 0.1) is 6.54 Å². The number of amides is 1. The molecule has 0 atom stereocenters.